The van der Waals surface area contributed by atoms with Gasteiger partial charge in [-0.2, -0.15) is 0 Å². The average molecular weight is 258 g/mol. The SMILES string of the molecule is CCCc1ccc(C(=O)C2CCC(C)(C)CC2)cc1. The minimum Gasteiger partial charge on any atom is -0.294 e. The molecule has 0 unspecified atom stereocenters. The molecular formula is C18H26O. The molecular weight excluding hydrogens is 232 g/mol. The Bertz CT molecular complexity index is 418. The molecule has 0 bridgehead atoms. The molecule has 0 atom stereocenters. The third-order valence-corrected chi connectivity index (χ3v) is 4.49. The first-order valence-electron chi connectivity index (χ1n) is 7.65. The number of hydrogen-bond donors (Lipinski definition) is 0. The first-order valence-corrected chi connectivity index (χ1v) is 7.65. The molecule has 0 radical (unpaired) electrons. The lowest BCUT2D eigenvalue weighted by Gasteiger charge is -2.33. The van der Waals surface area contributed by atoms with Crippen LogP contribution in [0.2, 0.25) is 0 Å². The maximum Gasteiger partial charge on any atom is 0.165 e. The zero-order valence-corrected chi connectivity index (χ0v) is 12.5. The molecule has 0 aromatic heterocycles. The molecule has 1 aromatic rings. The zero-order chi connectivity index (χ0) is 13.9. The van der Waals surface area contributed by atoms with Gasteiger partial charge in [0.05, 0.1) is 0 Å². The summed E-state index contributed by atoms with van der Waals surface area (Å²) in [4.78, 5) is 12.5. The van der Waals surface area contributed by atoms with Crippen LogP contribution in [0, 0.1) is 11.3 Å². The highest BCUT2D eigenvalue weighted by Crippen LogP contribution is 2.39. The Balaban J connectivity index is 2.00. The van der Waals surface area contributed by atoms with Crippen LogP contribution in [-0.4, -0.2) is 5.78 Å². The summed E-state index contributed by atoms with van der Waals surface area (Å²) >= 11 is 0. The third kappa shape index (κ3) is 3.68. The van der Waals surface area contributed by atoms with Crippen LogP contribution >= 0.6 is 0 Å². The van der Waals surface area contributed by atoms with Crippen molar-refractivity contribution in [1.29, 1.82) is 0 Å². The van der Waals surface area contributed by atoms with E-state index in [4.69, 9.17) is 0 Å². The minimum atomic E-state index is 0.255. The van der Waals surface area contributed by atoms with Crippen LogP contribution in [0.15, 0.2) is 24.3 Å². The van der Waals surface area contributed by atoms with Gasteiger partial charge in [0, 0.05) is 11.5 Å². The predicted octanol–water partition coefficient (Wildman–Crippen LogP) is 5.04. The highest BCUT2D eigenvalue weighted by atomic mass is 16.1. The number of hydrogen-bond acceptors (Lipinski definition) is 1. The molecule has 2 rings (SSSR count). The summed E-state index contributed by atoms with van der Waals surface area (Å²) in [6.07, 6.45) is 6.73. The Labute approximate surface area is 117 Å². The standard InChI is InChI=1S/C18H26O/c1-4-5-14-6-8-15(9-7-14)17(19)16-10-12-18(2,3)13-11-16/h6-9,16H,4-5,10-13H2,1-3H3. The fourth-order valence-corrected chi connectivity index (χ4v) is 3.02. The number of ketones is 1. The maximum absolute atomic E-state index is 12.5. The molecule has 1 aliphatic carbocycles. The molecule has 0 amide bonds. The lowest BCUT2D eigenvalue weighted by Crippen LogP contribution is -2.26. The second kappa shape index (κ2) is 5.90. The Kier molecular flexibility index (Phi) is 4.44. The maximum atomic E-state index is 12.5. The smallest absolute Gasteiger partial charge is 0.165 e. The molecule has 0 saturated heterocycles. The lowest BCUT2D eigenvalue weighted by atomic mass is 9.71. The van der Waals surface area contributed by atoms with Crippen molar-refractivity contribution in [2.75, 3.05) is 0 Å². The Morgan fingerprint density at radius 3 is 2.26 bits per heavy atom. The van der Waals surface area contributed by atoms with Crippen molar-refractivity contribution in [1.82, 2.24) is 0 Å². The van der Waals surface area contributed by atoms with Crippen LogP contribution in [0.4, 0.5) is 0 Å². The quantitative estimate of drug-likeness (QED) is 0.692. The van der Waals surface area contributed by atoms with Gasteiger partial charge in [-0.3, -0.25) is 4.79 Å². The van der Waals surface area contributed by atoms with Crippen molar-refractivity contribution in [3.63, 3.8) is 0 Å². The van der Waals surface area contributed by atoms with Crippen molar-refractivity contribution in [3.8, 4) is 0 Å². The predicted molar refractivity (Wildman–Crippen MR) is 80.5 cm³/mol. The summed E-state index contributed by atoms with van der Waals surface area (Å²) in [5, 5.41) is 0. The van der Waals surface area contributed by atoms with Crippen molar-refractivity contribution in [2.24, 2.45) is 11.3 Å². The second-order valence-electron chi connectivity index (χ2n) is 6.75. The van der Waals surface area contributed by atoms with Crippen LogP contribution < -0.4 is 0 Å². The summed E-state index contributed by atoms with van der Waals surface area (Å²) in [5.74, 6) is 0.614. The van der Waals surface area contributed by atoms with E-state index in [0.29, 0.717) is 11.2 Å². The largest absolute Gasteiger partial charge is 0.294 e. The van der Waals surface area contributed by atoms with E-state index in [1.807, 2.05) is 12.1 Å². The average Bonchev–Trinajstić information content (AvgIpc) is 2.39. The van der Waals surface area contributed by atoms with Crippen molar-refractivity contribution >= 4 is 5.78 Å². The van der Waals surface area contributed by atoms with Gasteiger partial charge in [-0.25, -0.2) is 0 Å². The molecule has 1 saturated carbocycles. The fraction of sp³-hybridized carbons (Fsp3) is 0.611. The second-order valence-corrected chi connectivity index (χ2v) is 6.75. The van der Waals surface area contributed by atoms with Crippen LogP contribution in [-0.2, 0) is 6.42 Å². The summed E-state index contributed by atoms with van der Waals surface area (Å²) in [7, 11) is 0. The number of aryl methyl sites for hydroxylation is 1. The van der Waals surface area contributed by atoms with E-state index in [-0.39, 0.29) is 5.92 Å². The van der Waals surface area contributed by atoms with E-state index in [1.54, 1.807) is 0 Å². The van der Waals surface area contributed by atoms with Crippen LogP contribution in [0.25, 0.3) is 0 Å². The van der Waals surface area contributed by atoms with Crippen molar-refractivity contribution < 1.29 is 4.79 Å². The van der Waals surface area contributed by atoms with Gasteiger partial charge in [-0.1, -0.05) is 51.5 Å². The van der Waals surface area contributed by atoms with Gasteiger partial charge >= 0.3 is 0 Å². The summed E-state index contributed by atoms with van der Waals surface area (Å²) < 4.78 is 0. The summed E-state index contributed by atoms with van der Waals surface area (Å²) in [6.45, 7) is 6.81. The zero-order valence-electron chi connectivity index (χ0n) is 12.5. The molecule has 0 aliphatic heterocycles. The monoisotopic (exact) mass is 258 g/mol. The first-order chi connectivity index (χ1) is 9.02. The van der Waals surface area contributed by atoms with Gasteiger partial charge in [-0.05, 0) is 43.1 Å². The molecule has 1 aliphatic rings. The number of carbonyl (C=O) groups is 1. The van der Waals surface area contributed by atoms with Crippen LogP contribution in [0.1, 0.15) is 68.8 Å². The highest BCUT2D eigenvalue weighted by molar-refractivity contribution is 5.97. The Morgan fingerprint density at radius 1 is 1.16 bits per heavy atom. The molecule has 1 fully saturated rings. The van der Waals surface area contributed by atoms with E-state index in [1.165, 1.54) is 18.4 Å². The van der Waals surface area contributed by atoms with Crippen LogP contribution in [0.3, 0.4) is 0 Å². The fourth-order valence-electron chi connectivity index (χ4n) is 3.02. The van der Waals surface area contributed by atoms with E-state index < -0.39 is 0 Å². The molecule has 104 valence electrons. The van der Waals surface area contributed by atoms with E-state index >= 15 is 0 Å². The number of rotatable bonds is 4. The third-order valence-electron chi connectivity index (χ3n) is 4.49. The summed E-state index contributed by atoms with van der Waals surface area (Å²) in [5.41, 5.74) is 2.68. The normalized spacial score (nSPS) is 19.3. The number of carbonyl (C=O) groups excluding carboxylic acids is 1. The van der Waals surface area contributed by atoms with E-state index in [0.717, 1.165) is 31.2 Å². The topological polar surface area (TPSA) is 17.1 Å². The lowest BCUT2D eigenvalue weighted by molar-refractivity contribution is 0.0838. The molecule has 1 heteroatoms. The van der Waals surface area contributed by atoms with E-state index in [9.17, 15) is 4.79 Å². The van der Waals surface area contributed by atoms with Gasteiger partial charge < -0.3 is 0 Å². The number of benzene rings is 1. The van der Waals surface area contributed by atoms with Gasteiger partial charge in [0.25, 0.3) is 0 Å². The Hall–Kier alpha value is -1.11. The van der Waals surface area contributed by atoms with Crippen LogP contribution in [0.5, 0.6) is 0 Å². The van der Waals surface area contributed by atoms with Crippen molar-refractivity contribution in [3.05, 3.63) is 35.4 Å². The minimum absolute atomic E-state index is 0.255. The van der Waals surface area contributed by atoms with Gasteiger partial charge in [0.2, 0.25) is 0 Å². The van der Waals surface area contributed by atoms with E-state index in [2.05, 4.69) is 32.9 Å². The first kappa shape index (κ1) is 14.3. The number of Topliss-reactive ketones (excluding diaryl/α,β-unsaturated/α-hetero) is 1. The molecule has 0 N–H and O–H groups in total. The summed E-state index contributed by atoms with van der Waals surface area (Å²) in [6, 6.07) is 8.27. The van der Waals surface area contributed by atoms with Gasteiger partial charge in [-0.15, -0.1) is 0 Å². The Morgan fingerprint density at radius 2 is 1.74 bits per heavy atom. The van der Waals surface area contributed by atoms with Gasteiger partial charge in [0.1, 0.15) is 0 Å². The van der Waals surface area contributed by atoms with Gasteiger partial charge in [0.15, 0.2) is 5.78 Å². The van der Waals surface area contributed by atoms with Crippen molar-refractivity contribution in [2.45, 2.75) is 59.3 Å². The molecule has 0 spiro atoms. The molecule has 0 heterocycles. The molecule has 1 nitrogen and oxygen atoms in total. The molecule has 1 aromatic carbocycles. The highest BCUT2D eigenvalue weighted by Gasteiger charge is 2.30. The molecule has 19 heavy (non-hydrogen) atoms.